The van der Waals surface area contributed by atoms with Gasteiger partial charge in [-0.2, -0.15) is 0 Å². The highest BCUT2D eigenvalue weighted by Gasteiger charge is 2.21. The van der Waals surface area contributed by atoms with Crippen LogP contribution >= 0.6 is 9.24 Å². The van der Waals surface area contributed by atoms with E-state index in [1.54, 1.807) is 0 Å². The molecule has 1 fully saturated rings. The Bertz CT molecular complexity index is 138. The lowest BCUT2D eigenvalue weighted by Gasteiger charge is -2.28. The van der Waals surface area contributed by atoms with Crippen molar-refractivity contribution in [3.05, 3.63) is 0 Å². The highest BCUT2D eigenvalue weighted by atomic mass is 31.0. The molecule has 0 amide bonds. The Morgan fingerprint density at radius 1 is 1.80 bits per heavy atom. The second-order valence-electron chi connectivity index (χ2n) is 2.88. The first-order chi connectivity index (χ1) is 4.74. The number of carbonyl (C=O) groups is 1. The molecule has 0 aliphatic carbocycles. The molecular weight excluding hydrogens is 145 g/mol. The Kier molecular flexibility index (Phi) is 2.82. The van der Waals surface area contributed by atoms with Gasteiger partial charge in [0.25, 0.3) is 0 Å². The van der Waals surface area contributed by atoms with Crippen LogP contribution in [-0.2, 0) is 4.79 Å². The Morgan fingerprint density at radius 2 is 2.50 bits per heavy atom. The van der Waals surface area contributed by atoms with Crippen molar-refractivity contribution in [2.75, 3.05) is 19.4 Å². The second kappa shape index (κ2) is 3.45. The van der Waals surface area contributed by atoms with E-state index in [2.05, 4.69) is 14.1 Å². The smallest absolute Gasteiger partial charge is 0.138 e. The minimum Gasteiger partial charge on any atom is -0.299 e. The Morgan fingerprint density at radius 3 is 3.00 bits per heavy atom. The lowest BCUT2D eigenvalue weighted by molar-refractivity contribution is -0.125. The fourth-order valence-corrected chi connectivity index (χ4v) is 1.59. The molecule has 3 heteroatoms. The van der Waals surface area contributed by atoms with Crippen molar-refractivity contribution in [3.63, 3.8) is 0 Å². The maximum absolute atomic E-state index is 11.0. The monoisotopic (exact) mass is 159 g/mol. The number of hydrogen-bond acceptors (Lipinski definition) is 2. The molecule has 0 aromatic heterocycles. The molecule has 2 nitrogen and oxygen atoms in total. The van der Waals surface area contributed by atoms with E-state index in [9.17, 15) is 4.79 Å². The van der Waals surface area contributed by atoms with Crippen LogP contribution < -0.4 is 0 Å². The summed E-state index contributed by atoms with van der Waals surface area (Å²) in [4.78, 5) is 13.3. The molecule has 2 unspecified atom stereocenters. The van der Waals surface area contributed by atoms with Crippen LogP contribution in [0.1, 0.15) is 13.3 Å². The van der Waals surface area contributed by atoms with Crippen LogP contribution in [0.5, 0.6) is 0 Å². The Balaban J connectivity index is 2.40. The molecule has 0 saturated carbocycles. The molecule has 0 bridgehead atoms. The largest absolute Gasteiger partial charge is 0.299 e. The molecule has 2 atom stereocenters. The van der Waals surface area contributed by atoms with Crippen LogP contribution in [0.15, 0.2) is 0 Å². The van der Waals surface area contributed by atoms with Gasteiger partial charge in [0.15, 0.2) is 0 Å². The summed E-state index contributed by atoms with van der Waals surface area (Å²) in [6.07, 6.45) is 1.74. The van der Waals surface area contributed by atoms with Crippen molar-refractivity contribution in [3.8, 4) is 0 Å². The van der Waals surface area contributed by atoms with Crippen LogP contribution in [0, 0.1) is 5.92 Å². The zero-order valence-electron chi connectivity index (χ0n) is 6.34. The zero-order valence-corrected chi connectivity index (χ0v) is 7.49. The molecular formula is C7H14NOP. The fourth-order valence-electron chi connectivity index (χ4n) is 1.26. The first-order valence-corrected chi connectivity index (χ1v) is 4.51. The molecule has 1 rings (SSSR count). The van der Waals surface area contributed by atoms with E-state index in [1.807, 2.05) is 6.92 Å². The molecule has 0 N–H and O–H groups in total. The van der Waals surface area contributed by atoms with E-state index >= 15 is 0 Å². The maximum atomic E-state index is 11.0. The third-order valence-electron chi connectivity index (χ3n) is 2.01. The lowest BCUT2D eigenvalue weighted by atomic mass is 9.99. The molecule has 0 aromatic rings. The summed E-state index contributed by atoms with van der Waals surface area (Å²) >= 11 is 0. The Hall–Kier alpha value is 0.0600. The molecule has 1 aliphatic rings. The van der Waals surface area contributed by atoms with Crippen molar-refractivity contribution < 1.29 is 4.79 Å². The first-order valence-electron chi connectivity index (χ1n) is 3.69. The third-order valence-corrected chi connectivity index (χ3v) is 2.53. The van der Waals surface area contributed by atoms with Crippen LogP contribution in [0.2, 0.25) is 0 Å². The summed E-state index contributed by atoms with van der Waals surface area (Å²) < 4.78 is 0. The van der Waals surface area contributed by atoms with Gasteiger partial charge >= 0.3 is 0 Å². The van der Waals surface area contributed by atoms with Gasteiger partial charge in [0, 0.05) is 31.7 Å². The number of carbonyl (C=O) groups excluding carboxylic acids is 1. The minimum absolute atomic E-state index is 0.259. The van der Waals surface area contributed by atoms with Gasteiger partial charge in [-0.1, -0.05) is 6.92 Å². The number of hydrogen-bond donors (Lipinski definition) is 0. The van der Waals surface area contributed by atoms with Crippen LogP contribution in [0.4, 0.5) is 0 Å². The van der Waals surface area contributed by atoms with E-state index in [1.165, 1.54) is 0 Å². The predicted octanol–water partition coefficient (Wildman–Crippen LogP) is 0.730. The summed E-state index contributed by atoms with van der Waals surface area (Å²) in [6, 6.07) is 0. The number of rotatable bonds is 1. The van der Waals surface area contributed by atoms with Gasteiger partial charge in [0.2, 0.25) is 0 Å². The summed E-state index contributed by atoms with van der Waals surface area (Å²) in [5.74, 6) is 0.684. The van der Waals surface area contributed by atoms with Gasteiger partial charge in [0.1, 0.15) is 5.78 Å². The van der Waals surface area contributed by atoms with Crippen molar-refractivity contribution in [2.24, 2.45) is 5.92 Å². The molecule has 10 heavy (non-hydrogen) atoms. The number of likely N-dealkylation sites (tertiary alicyclic amines) is 1. The predicted molar refractivity (Wildman–Crippen MR) is 44.9 cm³/mol. The molecule has 0 aromatic carbocycles. The van der Waals surface area contributed by atoms with Crippen molar-refractivity contribution in [1.29, 1.82) is 0 Å². The fraction of sp³-hybridized carbons (Fsp3) is 0.857. The number of ketones is 1. The topological polar surface area (TPSA) is 20.3 Å². The van der Waals surface area contributed by atoms with Crippen molar-refractivity contribution in [2.45, 2.75) is 13.3 Å². The van der Waals surface area contributed by atoms with Crippen LogP contribution in [0.25, 0.3) is 0 Å². The zero-order chi connectivity index (χ0) is 7.56. The molecule has 0 radical (unpaired) electrons. The normalized spacial score (nSPS) is 29.0. The lowest BCUT2D eigenvalue weighted by Crippen LogP contribution is -2.38. The standard InChI is InChI=1S/C7H14NOP/c1-6-4-8(5-10)3-2-7(6)9/h6H,2-5,10H2,1H3. The van der Waals surface area contributed by atoms with Crippen LogP contribution in [-0.4, -0.2) is 30.1 Å². The maximum Gasteiger partial charge on any atom is 0.138 e. The first kappa shape index (κ1) is 8.16. The molecule has 0 spiro atoms. The SMILES string of the molecule is CC1CN(CP)CCC1=O. The third kappa shape index (κ3) is 1.77. The van der Waals surface area contributed by atoms with E-state index in [0.717, 1.165) is 25.8 Å². The van der Waals surface area contributed by atoms with Crippen molar-refractivity contribution in [1.82, 2.24) is 4.90 Å². The van der Waals surface area contributed by atoms with Gasteiger partial charge in [-0.05, 0) is 0 Å². The van der Waals surface area contributed by atoms with E-state index in [0.29, 0.717) is 5.78 Å². The minimum atomic E-state index is 0.259. The summed E-state index contributed by atoms with van der Waals surface area (Å²) in [5.41, 5.74) is 0. The Labute approximate surface area is 64.2 Å². The van der Waals surface area contributed by atoms with Gasteiger partial charge in [-0.25, -0.2) is 0 Å². The number of piperidine rings is 1. The average molecular weight is 159 g/mol. The summed E-state index contributed by atoms with van der Waals surface area (Å²) in [6.45, 7) is 3.91. The van der Waals surface area contributed by atoms with Gasteiger partial charge < -0.3 is 0 Å². The summed E-state index contributed by atoms with van der Waals surface area (Å²) in [5, 5.41) is 0. The molecule has 1 aliphatic heterocycles. The van der Waals surface area contributed by atoms with Crippen LogP contribution in [0.3, 0.4) is 0 Å². The molecule has 1 saturated heterocycles. The highest BCUT2D eigenvalue weighted by molar-refractivity contribution is 7.16. The van der Waals surface area contributed by atoms with E-state index < -0.39 is 0 Å². The summed E-state index contributed by atoms with van der Waals surface area (Å²) in [7, 11) is 2.69. The highest BCUT2D eigenvalue weighted by Crippen LogP contribution is 2.12. The van der Waals surface area contributed by atoms with E-state index in [-0.39, 0.29) is 5.92 Å². The average Bonchev–Trinajstić information content (AvgIpc) is 1.95. The molecule has 1 heterocycles. The van der Waals surface area contributed by atoms with Gasteiger partial charge in [-0.3, -0.25) is 9.69 Å². The van der Waals surface area contributed by atoms with Gasteiger partial charge in [0.05, 0.1) is 0 Å². The van der Waals surface area contributed by atoms with Gasteiger partial charge in [-0.15, -0.1) is 9.24 Å². The van der Waals surface area contributed by atoms with Crippen molar-refractivity contribution >= 4 is 15.0 Å². The van der Waals surface area contributed by atoms with E-state index in [4.69, 9.17) is 0 Å². The number of Topliss-reactive ketones (excluding diaryl/α,β-unsaturated/α-hetero) is 1. The number of nitrogens with zero attached hydrogens (tertiary/aromatic N) is 1. The molecule has 58 valence electrons. The second-order valence-corrected chi connectivity index (χ2v) is 3.24. The quantitative estimate of drug-likeness (QED) is 0.526.